The molecule has 2 aliphatic heterocycles. The normalized spacial score (nSPS) is 25.5. The van der Waals surface area contributed by atoms with Crippen molar-refractivity contribution in [2.24, 2.45) is 12.5 Å². The molecule has 0 bridgehead atoms. The van der Waals surface area contributed by atoms with Crippen molar-refractivity contribution in [1.82, 2.24) is 24.6 Å². The Bertz CT molecular complexity index is 667. The van der Waals surface area contributed by atoms with Crippen molar-refractivity contribution in [2.45, 2.75) is 32.4 Å². The predicted octanol–water partition coefficient (Wildman–Crippen LogP) is 2.30. The first-order chi connectivity index (χ1) is 11.7. The maximum atomic E-state index is 4.31. The van der Waals surface area contributed by atoms with Crippen molar-refractivity contribution >= 4 is 0 Å². The molecule has 1 unspecified atom stereocenters. The van der Waals surface area contributed by atoms with Gasteiger partial charge in [-0.05, 0) is 55.5 Å². The molecular weight excluding hydrogens is 298 g/mol. The lowest BCUT2D eigenvalue weighted by Crippen LogP contribution is -2.44. The molecule has 0 N–H and O–H groups in total. The Hall–Kier alpha value is -1.72. The Kier molecular flexibility index (Phi) is 4.37. The smallest absolute Gasteiger partial charge is 0.0534 e. The molecule has 0 aliphatic carbocycles. The van der Waals surface area contributed by atoms with Gasteiger partial charge in [-0.2, -0.15) is 5.10 Å². The molecule has 2 aromatic rings. The van der Waals surface area contributed by atoms with Crippen LogP contribution in [0.2, 0.25) is 0 Å². The van der Waals surface area contributed by atoms with Crippen LogP contribution in [0.5, 0.6) is 0 Å². The van der Waals surface area contributed by atoms with E-state index in [0.717, 1.165) is 13.1 Å². The Morgan fingerprint density at radius 1 is 1.00 bits per heavy atom. The summed E-state index contributed by atoms with van der Waals surface area (Å²) < 4.78 is 1.90. The van der Waals surface area contributed by atoms with E-state index in [1.54, 1.807) is 0 Å². The molecule has 5 heteroatoms. The van der Waals surface area contributed by atoms with Gasteiger partial charge in [-0.15, -0.1) is 0 Å². The molecule has 0 amide bonds. The minimum absolute atomic E-state index is 0.494. The Balaban J connectivity index is 1.36. The van der Waals surface area contributed by atoms with Crippen LogP contribution in [-0.2, 0) is 20.1 Å². The molecule has 5 nitrogen and oxygen atoms in total. The van der Waals surface area contributed by atoms with Gasteiger partial charge < -0.3 is 0 Å². The highest BCUT2D eigenvalue weighted by atomic mass is 15.2. The van der Waals surface area contributed by atoms with Crippen LogP contribution in [0.15, 0.2) is 36.9 Å². The number of aromatic nitrogens is 3. The maximum Gasteiger partial charge on any atom is 0.0534 e. The van der Waals surface area contributed by atoms with Gasteiger partial charge in [0.2, 0.25) is 0 Å². The van der Waals surface area contributed by atoms with Crippen LogP contribution < -0.4 is 0 Å². The fraction of sp³-hybridized carbons (Fsp3) is 0.579. The zero-order valence-electron chi connectivity index (χ0n) is 14.6. The summed E-state index contributed by atoms with van der Waals surface area (Å²) >= 11 is 0. The summed E-state index contributed by atoms with van der Waals surface area (Å²) in [6.45, 7) is 7.02. The number of rotatable bonds is 4. The molecule has 0 saturated carbocycles. The van der Waals surface area contributed by atoms with E-state index in [-0.39, 0.29) is 0 Å². The number of hydrogen-bond donors (Lipinski definition) is 0. The lowest BCUT2D eigenvalue weighted by atomic mass is 9.79. The number of hydrogen-bond acceptors (Lipinski definition) is 4. The molecule has 2 saturated heterocycles. The van der Waals surface area contributed by atoms with Crippen LogP contribution in [0.1, 0.15) is 30.4 Å². The van der Waals surface area contributed by atoms with Crippen molar-refractivity contribution in [1.29, 1.82) is 0 Å². The Morgan fingerprint density at radius 2 is 1.75 bits per heavy atom. The van der Waals surface area contributed by atoms with E-state index in [2.05, 4.69) is 38.2 Å². The van der Waals surface area contributed by atoms with Crippen molar-refractivity contribution in [2.75, 3.05) is 26.2 Å². The second kappa shape index (κ2) is 6.65. The summed E-state index contributed by atoms with van der Waals surface area (Å²) in [5.74, 6) is 0. The van der Waals surface area contributed by atoms with Gasteiger partial charge in [0.05, 0.1) is 6.20 Å². The molecule has 2 aromatic heterocycles. The van der Waals surface area contributed by atoms with Crippen LogP contribution in [0.3, 0.4) is 0 Å². The van der Waals surface area contributed by atoms with Gasteiger partial charge >= 0.3 is 0 Å². The monoisotopic (exact) mass is 325 g/mol. The Labute approximate surface area is 144 Å². The fourth-order valence-electron chi connectivity index (χ4n) is 4.50. The van der Waals surface area contributed by atoms with Gasteiger partial charge in [0.1, 0.15) is 0 Å². The third kappa shape index (κ3) is 3.52. The van der Waals surface area contributed by atoms with Crippen molar-refractivity contribution in [3.63, 3.8) is 0 Å². The Morgan fingerprint density at radius 3 is 2.50 bits per heavy atom. The molecular formula is C19H27N5. The zero-order chi connectivity index (χ0) is 16.4. The van der Waals surface area contributed by atoms with E-state index in [1.807, 2.05) is 30.3 Å². The van der Waals surface area contributed by atoms with E-state index in [0.29, 0.717) is 5.41 Å². The highest BCUT2D eigenvalue weighted by Crippen LogP contribution is 2.39. The predicted molar refractivity (Wildman–Crippen MR) is 94.3 cm³/mol. The quantitative estimate of drug-likeness (QED) is 0.864. The molecule has 0 radical (unpaired) electrons. The van der Waals surface area contributed by atoms with Crippen LogP contribution in [0.25, 0.3) is 0 Å². The summed E-state index contributed by atoms with van der Waals surface area (Å²) in [6, 6.07) is 4.28. The molecule has 2 fully saturated rings. The van der Waals surface area contributed by atoms with E-state index < -0.39 is 0 Å². The first kappa shape index (κ1) is 15.8. The highest BCUT2D eigenvalue weighted by Gasteiger charge is 2.41. The summed E-state index contributed by atoms with van der Waals surface area (Å²) in [6.07, 6.45) is 12.0. The number of nitrogens with zero attached hydrogens (tertiary/aromatic N) is 5. The minimum atomic E-state index is 0.494. The zero-order valence-corrected chi connectivity index (χ0v) is 14.6. The summed E-state index contributed by atoms with van der Waals surface area (Å²) in [4.78, 5) is 9.39. The standard InChI is InChI=1S/C19H27N5/c1-22-12-18(11-21-22)14-23-9-2-5-19(15-23)6-10-24(16-19)13-17-3-7-20-8-4-17/h3-4,7-8,11-12H,2,5-6,9-10,13-16H2,1H3. The fourth-order valence-corrected chi connectivity index (χ4v) is 4.50. The van der Waals surface area contributed by atoms with Gasteiger partial charge in [0, 0.05) is 57.4 Å². The van der Waals surface area contributed by atoms with Gasteiger partial charge in [-0.25, -0.2) is 0 Å². The second-order valence-corrected chi connectivity index (χ2v) is 7.65. The van der Waals surface area contributed by atoms with Crippen LogP contribution in [0.4, 0.5) is 0 Å². The SMILES string of the molecule is Cn1cc(CN2CCCC3(CCN(Cc4ccncc4)C3)C2)cn1. The van der Waals surface area contributed by atoms with E-state index >= 15 is 0 Å². The van der Waals surface area contributed by atoms with E-state index in [1.165, 1.54) is 56.6 Å². The van der Waals surface area contributed by atoms with Gasteiger partial charge in [0.15, 0.2) is 0 Å². The molecule has 1 atom stereocenters. The topological polar surface area (TPSA) is 37.2 Å². The van der Waals surface area contributed by atoms with E-state index in [4.69, 9.17) is 0 Å². The van der Waals surface area contributed by atoms with Crippen molar-refractivity contribution < 1.29 is 0 Å². The van der Waals surface area contributed by atoms with Gasteiger partial charge in [0.25, 0.3) is 0 Å². The average Bonchev–Trinajstić information content (AvgIpc) is 3.15. The molecule has 4 rings (SSSR count). The van der Waals surface area contributed by atoms with Gasteiger partial charge in [-0.1, -0.05) is 0 Å². The van der Waals surface area contributed by atoms with Crippen molar-refractivity contribution in [3.8, 4) is 0 Å². The number of pyridine rings is 1. The number of piperidine rings is 1. The largest absolute Gasteiger partial charge is 0.298 e. The summed E-state index contributed by atoms with van der Waals surface area (Å²) in [7, 11) is 2.00. The number of likely N-dealkylation sites (tertiary alicyclic amines) is 2. The average molecular weight is 325 g/mol. The summed E-state index contributed by atoms with van der Waals surface area (Å²) in [5, 5.41) is 4.31. The molecule has 1 spiro atoms. The maximum absolute atomic E-state index is 4.31. The highest BCUT2D eigenvalue weighted by molar-refractivity contribution is 5.10. The van der Waals surface area contributed by atoms with Crippen LogP contribution in [0, 0.1) is 5.41 Å². The third-order valence-corrected chi connectivity index (χ3v) is 5.58. The van der Waals surface area contributed by atoms with E-state index in [9.17, 15) is 0 Å². The second-order valence-electron chi connectivity index (χ2n) is 7.65. The third-order valence-electron chi connectivity index (χ3n) is 5.58. The number of aryl methyl sites for hydroxylation is 1. The lowest BCUT2D eigenvalue weighted by molar-refractivity contribution is 0.0866. The van der Waals surface area contributed by atoms with Crippen molar-refractivity contribution in [3.05, 3.63) is 48.0 Å². The van der Waals surface area contributed by atoms with Gasteiger partial charge in [-0.3, -0.25) is 19.5 Å². The molecule has 4 heterocycles. The molecule has 128 valence electrons. The first-order valence-corrected chi connectivity index (χ1v) is 9.02. The lowest BCUT2D eigenvalue weighted by Gasteiger charge is -2.40. The molecule has 0 aromatic carbocycles. The minimum Gasteiger partial charge on any atom is -0.298 e. The first-order valence-electron chi connectivity index (χ1n) is 9.02. The summed E-state index contributed by atoms with van der Waals surface area (Å²) in [5.41, 5.74) is 3.21. The molecule has 2 aliphatic rings. The molecule has 24 heavy (non-hydrogen) atoms. The van der Waals surface area contributed by atoms with Crippen LogP contribution in [-0.4, -0.2) is 50.7 Å². The van der Waals surface area contributed by atoms with Crippen LogP contribution >= 0.6 is 0 Å².